The van der Waals surface area contributed by atoms with Gasteiger partial charge in [0.2, 0.25) is 0 Å². The average molecular weight is 306 g/mol. The van der Waals surface area contributed by atoms with Gasteiger partial charge in [0.1, 0.15) is 25.2 Å². The van der Waals surface area contributed by atoms with E-state index in [9.17, 15) is 4.79 Å². The van der Waals surface area contributed by atoms with Crippen LogP contribution >= 0.6 is 0 Å². The Labute approximate surface area is 128 Å². The predicted octanol–water partition coefficient (Wildman–Crippen LogP) is 0.582. The number of aldehydes is 1. The molecule has 0 aliphatic heterocycles. The molecular weight excluding hydrogens is 288 g/mol. The van der Waals surface area contributed by atoms with Crippen LogP contribution in [0.2, 0.25) is 0 Å². The Morgan fingerprint density at radius 3 is 2.50 bits per heavy atom. The van der Waals surface area contributed by atoms with Crippen LogP contribution in [0.15, 0.2) is 24.3 Å². The topological polar surface area (TPSA) is 88.4 Å². The summed E-state index contributed by atoms with van der Waals surface area (Å²) < 4.78 is 17.5. The zero-order chi connectivity index (χ0) is 15.6. The minimum Gasteiger partial charge on any atom is -0.491 e. The molecule has 0 aliphatic rings. The van der Waals surface area contributed by atoms with Gasteiger partial charge >= 0.3 is 0 Å². The van der Waals surface area contributed by atoms with Gasteiger partial charge in [0.15, 0.2) is 5.82 Å². The highest BCUT2D eigenvalue weighted by molar-refractivity contribution is 5.50. The molecule has 0 aliphatic carbocycles. The van der Waals surface area contributed by atoms with Gasteiger partial charge in [-0.25, -0.2) is 0 Å². The third-order valence-electron chi connectivity index (χ3n) is 2.76. The third kappa shape index (κ3) is 4.90. The molecule has 0 spiro atoms. The Kier molecular flexibility index (Phi) is 6.46. The molecule has 1 aromatic heterocycles. The first-order valence-electron chi connectivity index (χ1n) is 6.88. The molecule has 0 unspecified atom stereocenters. The minimum atomic E-state index is 0.104. The van der Waals surface area contributed by atoms with E-state index in [4.69, 9.17) is 14.2 Å². The van der Waals surface area contributed by atoms with Gasteiger partial charge in [-0.05, 0) is 41.6 Å². The van der Waals surface area contributed by atoms with Crippen molar-refractivity contribution in [2.45, 2.75) is 6.92 Å². The van der Waals surface area contributed by atoms with Crippen molar-refractivity contribution in [2.75, 3.05) is 33.0 Å². The summed E-state index contributed by atoms with van der Waals surface area (Å²) in [6, 6.07) is 7.47. The van der Waals surface area contributed by atoms with Crippen molar-refractivity contribution in [3.05, 3.63) is 30.1 Å². The Morgan fingerprint density at radius 2 is 1.82 bits per heavy atom. The lowest BCUT2D eigenvalue weighted by Crippen LogP contribution is -2.11. The van der Waals surface area contributed by atoms with Crippen molar-refractivity contribution >= 4 is 6.29 Å². The van der Waals surface area contributed by atoms with Gasteiger partial charge in [-0.3, -0.25) is 0 Å². The lowest BCUT2D eigenvalue weighted by Gasteiger charge is -2.08. The molecule has 1 aromatic carbocycles. The van der Waals surface area contributed by atoms with Gasteiger partial charge < -0.3 is 19.0 Å². The Hall–Kier alpha value is -2.32. The second-order valence-electron chi connectivity index (χ2n) is 4.33. The fraction of sp³-hybridized carbons (Fsp3) is 0.429. The van der Waals surface area contributed by atoms with E-state index in [0.717, 1.165) is 17.3 Å². The average Bonchev–Trinajstić information content (AvgIpc) is 2.97. The summed E-state index contributed by atoms with van der Waals surface area (Å²) in [7, 11) is 0. The number of nitrogens with zero attached hydrogens (tertiary/aromatic N) is 4. The van der Waals surface area contributed by atoms with Crippen LogP contribution < -0.4 is 4.74 Å². The summed E-state index contributed by atoms with van der Waals surface area (Å²) in [5.74, 6) is 1.47. The highest BCUT2D eigenvalue weighted by atomic mass is 16.5. The zero-order valence-electron chi connectivity index (χ0n) is 12.3. The van der Waals surface area contributed by atoms with E-state index in [1.54, 1.807) is 4.68 Å². The molecule has 8 nitrogen and oxygen atoms in total. The van der Waals surface area contributed by atoms with Gasteiger partial charge in [0, 0.05) is 0 Å². The molecule has 0 saturated carbocycles. The number of carbonyl (C=O) groups excluding carboxylic acids is 1. The quantitative estimate of drug-likeness (QED) is 0.468. The molecule has 0 fully saturated rings. The number of hydrogen-bond donors (Lipinski definition) is 0. The lowest BCUT2D eigenvalue weighted by atomic mass is 10.3. The lowest BCUT2D eigenvalue weighted by molar-refractivity contribution is -0.112. The molecule has 0 radical (unpaired) electrons. The number of carbonyl (C=O) groups is 1. The molecule has 22 heavy (non-hydrogen) atoms. The fourth-order valence-corrected chi connectivity index (χ4v) is 1.72. The molecule has 0 atom stereocenters. The molecule has 0 N–H and O–H groups in total. The summed E-state index contributed by atoms with van der Waals surface area (Å²) in [5, 5.41) is 11.3. The standard InChI is InChI=1S/C14H18N4O4/c1-12-15-16-17-18(12)13-2-4-14(5-3-13)22-11-10-21-9-8-20-7-6-19/h2-6H,7-11H2,1H3. The maximum Gasteiger partial charge on any atom is 0.153 e. The molecule has 118 valence electrons. The van der Waals surface area contributed by atoms with E-state index in [0.29, 0.717) is 32.7 Å². The molecule has 1 heterocycles. The van der Waals surface area contributed by atoms with Gasteiger partial charge in [-0.1, -0.05) is 0 Å². The summed E-state index contributed by atoms with van der Waals surface area (Å²) >= 11 is 0. The first-order valence-corrected chi connectivity index (χ1v) is 6.88. The Bertz CT molecular complexity index is 570. The van der Waals surface area contributed by atoms with E-state index in [1.165, 1.54) is 0 Å². The molecule has 2 aromatic rings. The highest BCUT2D eigenvalue weighted by Crippen LogP contribution is 2.15. The van der Waals surface area contributed by atoms with Crippen LogP contribution in [-0.2, 0) is 14.3 Å². The number of aryl methyl sites for hydroxylation is 1. The van der Waals surface area contributed by atoms with Crippen molar-refractivity contribution in [3.63, 3.8) is 0 Å². The summed E-state index contributed by atoms with van der Waals surface area (Å²) in [5.41, 5.74) is 0.874. The maximum absolute atomic E-state index is 10.0. The van der Waals surface area contributed by atoms with Crippen molar-refractivity contribution in [2.24, 2.45) is 0 Å². The smallest absolute Gasteiger partial charge is 0.153 e. The third-order valence-corrected chi connectivity index (χ3v) is 2.76. The number of aromatic nitrogens is 4. The first-order chi connectivity index (χ1) is 10.8. The molecule has 0 bridgehead atoms. The molecule has 2 rings (SSSR count). The molecule has 0 amide bonds. The maximum atomic E-state index is 10.0. The Balaban J connectivity index is 1.67. The van der Waals surface area contributed by atoms with Crippen molar-refractivity contribution < 1.29 is 19.0 Å². The first kappa shape index (κ1) is 16.1. The van der Waals surface area contributed by atoms with Crippen molar-refractivity contribution in [1.82, 2.24) is 20.2 Å². The number of hydrogen-bond acceptors (Lipinski definition) is 7. The van der Waals surface area contributed by atoms with Gasteiger partial charge in [0.25, 0.3) is 0 Å². The van der Waals surface area contributed by atoms with E-state index < -0.39 is 0 Å². The van der Waals surface area contributed by atoms with Gasteiger partial charge in [0.05, 0.1) is 25.5 Å². The second-order valence-corrected chi connectivity index (χ2v) is 4.33. The van der Waals surface area contributed by atoms with Crippen LogP contribution in [0.5, 0.6) is 5.75 Å². The number of ether oxygens (including phenoxy) is 3. The molecule has 0 saturated heterocycles. The van der Waals surface area contributed by atoms with Crippen molar-refractivity contribution in [3.8, 4) is 11.4 Å². The summed E-state index contributed by atoms with van der Waals surface area (Å²) in [6.07, 6.45) is 0.712. The van der Waals surface area contributed by atoms with Gasteiger partial charge in [-0.15, -0.1) is 5.10 Å². The van der Waals surface area contributed by atoms with Crippen LogP contribution in [0.25, 0.3) is 5.69 Å². The van der Waals surface area contributed by atoms with E-state index in [1.807, 2.05) is 31.2 Å². The van der Waals surface area contributed by atoms with Gasteiger partial charge in [-0.2, -0.15) is 4.68 Å². The minimum absolute atomic E-state index is 0.104. The highest BCUT2D eigenvalue weighted by Gasteiger charge is 2.03. The fourth-order valence-electron chi connectivity index (χ4n) is 1.72. The predicted molar refractivity (Wildman–Crippen MR) is 77.1 cm³/mol. The van der Waals surface area contributed by atoms with Crippen LogP contribution in [0, 0.1) is 6.92 Å². The summed E-state index contributed by atoms with van der Waals surface area (Å²) in [4.78, 5) is 10.0. The van der Waals surface area contributed by atoms with Crippen LogP contribution in [0.1, 0.15) is 5.82 Å². The van der Waals surface area contributed by atoms with Crippen LogP contribution in [-0.4, -0.2) is 59.5 Å². The number of benzene rings is 1. The number of rotatable bonds is 10. The molecule has 8 heteroatoms. The largest absolute Gasteiger partial charge is 0.491 e. The van der Waals surface area contributed by atoms with E-state index in [2.05, 4.69) is 15.5 Å². The zero-order valence-corrected chi connectivity index (χ0v) is 12.3. The SMILES string of the molecule is Cc1nnnn1-c1ccc(OCCOCCOCC=O)cc1. The number of tetrazole rings is 1. The van der Waals surface area contributed by atoms with E-state index >= 15 is 0 Å². The summed E-state index contributed by atoms with van der Waals surface area (Å²) in [6.45, 7) is 3.68. The van der Waals surface area contributed by atoms with Crippen LogP contribution in [0.4, 0.5) is 0 Å². The Morgan fingerprint density at radius 1 is 1.09 bits per heavy atom. The second kappa shape index (κ2) is 8.85. The monoisotopic (exact) mass is 306 g/mol. The van der Waals surface area contributed by atoms with Crippen molar-refractivity contribution in [1.29, 1.82) is 0 Å². The van der Waals surface area contributed by atoms with E-state index in [-0.39, 0.29) is 6.61 Å². The molecular formula is C14H18N4O4. The van der Waals surface area contributed by atoms with Crippen LogP contribution in [0.3, 0.4) is 0 Å². The normalized spacial score (nSPS) is 10.6.